The van der Waals surface area contributed by atoms with E-state index in [9.17, 15) is 54.3 Å². The minimum Gasteiger partial charge on any atom is -0.368 e. The summed E-state index contributed by atoms with van der Waals surface area (Å²) in [7, 11) is 0. The maximum absolute atomic E-state index is 14.4. The van der Waals surface area contributed by atoms with Crippen LogP contribution in [0.5, 0.6) is 0 Å². The van der Waals surface area contributed by atoms with Crippen LogP contribution < -0.4 is 32.3 Å². The summed E-state index contributed by atoms with van der Waals surface area (Å²) in [5.74, 6) is -3.36. The van der Waals surface area contributed by atoms with Gasteiger partial charge in [-0.15, -0.1) is 11.8 Å². The minimum absolute atomic E-state index is 0.0760. The molecule has 3 aliphatic heterocycles. The van der Waals surface area contributed by atoms with E-state index in [1.807, 2.05) is 0 Å². The lowest BCUT2D eigenvalue weighted by molar-refractivity contribution is -0.125. The zero-order chi connectivity index (χ0) is 76.1. The molecule has 1 saturated carbocycles. The van der Waals surface area contributed by atoms with Crippen LogP contribution in [-0.4, -0.2) is 113 Å². The van der Waals surface area contributed by atoms with Gasteiger partial charge in [0.05, 0.1) is 79.2 Å². The summed E-state index contributed by atoms with van der Waals surface area (Å²) in [5, 5.41) is 44.0. The first-order valence-corrected chi connectivity index (χ1v) is 35.9. The van der Waals surface area contributed by atoms with Crippen molar-refractivity contribution >= 4 is 150 Å². The van der Waals surface area contributed by atoms with Crippen LogP contribution in [0.3, 0.4) is 0 Å². The highest BCUT2D eigenvalue weighted by molar-refractivity contribution is 7.99. The summed E-state index contributed by atoms with van der Waals surface area (Å²) in [6.45, 7) is 1.08. The number of rotatable bonds is 16. The first-order valence-electron chi connectivity index (χ1n) is 34.8. The molecule has 3 saturated heterocycles. The summed E-state index contributed by atoms with van der Waals surface area (Å²) in [5.41, 5.74) is 13.2. The first-order chi connectivity index (χ1) is 52.7. The molecule has 558 valence electrons. The Bertz CT molecular complexity index is 5020. The molecule has 3 atom stereocenters. The average molecular weight is 1510 g/mol. The van der Waals surface area contributed by atoms with E-state index >= 15 is 0 Å². The largest absolute Gasteiger partial charge is 0.368 e. The fourth-order valence-corrected chi connectivity index (χ4v) is 13.3. The van der Waals surface area contributed by atoms with Gasteiger partial charge in [0.15, 0.2) is 0 Å². The third kappa shape index (κ3) is 18.9. The molecular formula is C80H70F8N14O6S. The third-order valence-electron chi connectivity index (χ3n) is 18.4. The summed E-state index contributed by atoms with van der Waals surface area (Å²) < 4.78 is 120. The van der Waals surface area contributed by atoms with Gasteiger partial charge in [0.25, 0.3) is 11.8 Å². The molecule has 8 aromatic carbocycles. The summed E-state index contributed by atoms with van der Waals surface area (Å²) in [6.07, 6.45) is 18.9. The van der Waals surface area contributed by atoms with Crippen molar-refractivity contribution in [2.45, 2.75) is 75.2 Å². The minimum atomic E-state index is -0.941. The third-order valence-corrected chi connectivity index (χ3v) is 19.3. The zero-order valence-corrected chi connectivity index (χ0v) is 58.8. The van der Waals surface area contributed by atoms with Gasteiger partial charge >= 0.3 is 0 Å². The number of aromatic amines is 4. The van der Waals surface area contributed by atoms with Crippen LogP contribution in [0.15, 0.2) is 146 Å². The van der Waals surface area contributed by atoms with Crippen LogP contribution >= 0.6 is 11.8 Å². The summed E-state index contributed by atoms with van der Waals surface area (Å²) >= 11 is 1.62. The predicted molar refractivity (Wildman–Crippen MR) is 408 cm³/mol. The van der Waals surface area contributed by atoms with Crippen molar-refractivity contribution in [3.8, 4) is 0 Å². The number of benzene rings is 8. The number of nitrogens with two attached hydrogens (primary N) is 1. The molecule has 1 aliphatic carbocycles. The number of anilines is 4. The summed E-state index contributed by atoms with van der Waals surface area (Å²) in [4.78, 5) is 49.1. The SMILES string of the molecule is NC1(C(=O)Nc2cc3c(/C=C/c4ccc(F)cc4)n[nH]c3cc2F)CCCC1.O=C(Nc1cc2c(/C=C/c3ccc(F)cc3)n[nH]c2cc1F)C1CCCO1.O=C(Nc1cc2c(/C=C/c3ccc(F)cc3)n[nH]c2cc1F)C1CCCO1.O=C(Nc1cc2c(/C=C/c3ccc(F)cc3)n[nH]c2cc1F)[C@@H]1CSCN1. The van der Waals surface area contributed by atoms with Gasteiger partial charge in [-0.3, -0.25) is 44.9 Å². The lowest BCUT2D eigenvalue weighted by Crippen LogP contribution is -2.48. The Labute approximate surface area is 621 Å². The number of ether oxygens (including phenoxy) is 2. The van der Waals surface area contributed by atoms with Gasteiger partial charge in [-0.2, -0.15) is 20.4 Å². The molecule has 12 aromatic rings. The van der Waals surface area contributed by atoms with Gasteiger partial charge in [-0.25, -0.2) is 35.1 Å². The second-order valence-corrected chi connectivity index (χ2v) is 27.1. The Morgan fingerprint density at radius 1 is 0.413 bits per heavy atom. The quantitative estimate of drug-likeness (QED) is 0.0403. The van der Waals surface area contributed by atoms with E-state index in [1.165, 1.54) is 72.8 Å². The Hall–Kier alpha value is -11.9. The number of aromatic nitrogens is 8. The lowest BCUT2D eigenvalue weighted by Gasteiger charge is -2.22. The second kappa shape index (κ2) is 34.3. The van der Waals surface area contributed by atoms with Gasteiger partial charge in [-0.1, -0.05) is 85.7 Å². The van der Waals surface area contributed by atoms with E-state index in [-0.39, 0.29) is 75.7 Å². The fourth-order valence-electron chi connectivity index (χ4n) is 12.4. The Balaban J connectivity index is 0.000000128. The first kappa shape index (κ1) is 75.3. The molecule has 4 aromatic heterocycles. The zero-order valence-electron chi connectivity index (χ0n) is 57.9. The maximum atomic E-state index is 14.4. The highest BCUT2D eigenvalue weighted by Gasteiger charge is 2.37. The maximum Gasteiger partial charge on any atom is 0.253 e. The van der Waals surface area contributed by atoms with E-state index in [0.29, 0.717) is 117 Å². The molecule has 109 heavy (non-hydrogen) atoms. The monoisotopic (exact) mass is 1510 g/mol. The topological polar surface area (TPSA) is 288 Å². The Morgan fingerprint density at radius 2 is 0.716 bits per heavy atom. The molecule has 0 bridgehead atoms. The van der Waals surface area contributed by atoms with E-state index < -0.39 is 41.0 Å². The Morgan fingerprint density at radius 3 is 1.00 bits per heavy atom. The number of halogens is 8. The van der Waals surface area contributed by atoms with Crippen LogP contribution in [0.25, 0.3) is 92.2 Å². The molecule has 0 radical (unpaired) electrons. The highest BCUT2D eigenvalue weighted by atomic mass is 32.2. The van der Waals surface area contributed by atoms with Crippen LogP contribution in [0, 0.1) is 46.5 Å². The molecule has 16 rings (SSSR count). The number of carbonyl (C=O) groups is 4. The predicted octanol–water partition coefficient (Wildman–Crippen LogP) is 16.1. The molecule has 4 aliphatic rings. The second-order valence-electron chi connectivity index (χ2n) is 26.0. The van der Waals surface area contributed by atoms with Crippen molar-refractivity contribution in [1.29, 1.82) is 0 Å². The number of amides is 4. The number of hydrogen-bond donors (Lipinski definition) is 10. The van der Waals surface area contributed by atoms with Crippen molar-refractivity contribution in [3.63, 3.8) is 0 Å². The normalized spacial score (nSPS) is 16.8. The number of hydrogen-bond acceptors (Lipinski definition) is 13. The number of thioether (sulfide) groups is 1. The van der Waals surface area contributed by atoms with Crippen molar-refractivity contribution < 1.29 is 63.8 Å². The van der Waals surface area contributed by atoms with E-state index in [2.05, 4.69) is 67.4 Å². The van der Waals surface area contributed by atoms with Crippen LogP contribution in [-0.2, 0) is 28.7 Å². The van der Waals surface area contributed by atoms with Gasteiger partial charge in [0.1, 0.15) is 58.7 Å². The number of nitrogens with zero attached hydrogens (tertiary/aromatic N) is 4. The van der Waals surface area contributed by atoms with Crippen LogP contribution in [0.2, 0.25) is 0 Å². The smallest absolute Gasteiger partial charge is 0.253 e. The average Bonchev–Trinajstić information content (AvgIpc) is 1.68. The number of H-pyrrole nitrogens is 4. The number of fused-ring (bicyclic) bond motifs is 4. The number of nitrogens with one attached hydrogen (secondary N) is 9. The van der Waals surface area contributed by atoms with E-state index in [0.717, 1.165) is 47.9 Å². The lowest BCUT2D eigenvalue weighted by atomic mass is 9.98. The highest BCUT2D eigenvalue weighted by Crippen LogP contribution is 2.34. The fraction of sp³-hybridized carbons (Fsp3) is 0.200. The Kier molecular flexibility index (Phi) is 23.7. The van der Waals surface area contributed by atoms with Crippen molar-refractivity contribution in [2.75, 3.05) is 46.1 Å². The van der Waals surface area contributed by atoms with Gasteiger partial charge < -0.3 is 36.5 Å². The molecule has 0 spiro atoms. The molecule has 20 nitrogen and oxygen atoms in total. The molecular weight excluding hydrogens is 1440 g/mol. The van der Waals surface area contributed by atoms with E-state index in [1.54, 1.807) is 133 Å². The van der Waals surface area contributed by atoms with Gasteiger partial charge in [0, 0.05) is 70.7 Å². The molecule has 4 fully saturated rings. The van der Waals surface area contributed by atoms with Crippen LogP contribution in [0.1, 0.15) is 96.4 Å². The number of carbonyl (C=O) groups excluding carboxylic acids is 4. The molecule has 4 amide bonds. The molecule has 11 N–H and O–H groups in total. The molecule has 29 heteroatoms. The van der Waals surface area contributed by atoms with Gasteiger partial charge in [-0.05, 0) is 158 Å². The van der Waals surface area contributed by atoms with Crippen molar-refractivity contribution in [1.82, 2.24) is 46.1 Å². The van der Waals surface area contributed by atoms with E-state index in [4.69, 9.17) is 15.2 Å². The van der Waals surface area contributed by atoms with Crippen molar-refractivity contribution in [2.24, 2.45) is 5.73 Å². The standard InChI is InChI=1S/C21H20F2N4O.2C20H17F2N3O2.C19H16F2N4OS/c22-14-6-3-13(4-7-14)5-8-17-15-11-19(16(23)12-18(15)27-26-17)25-20(28)21(24)9-1-2-10-21;2*21-13-6-3-12(4-7-13)5-8-16-14-10-18(15(22)11-17(14)25-24-16)23-20(26)19-2-1-9-27-19;20-12-4-1-11(2-5-12)3-6-15-13-7-17(14(21)8-16(13)25-24-15)23-19(26)18-9-27-10-22-18/h3-8,11-12H,1-2,9-10,24H2,(H,25,28)(H,26,27);2*3-8,10-11,19H,1-2,9H2,(H,23,26)(H,24,25);1-8,18,22H,9-10H2,(H,23,26)(H,24,25)/b3*8-5+;6-3+/t;;;18-/m...0/s1. The van der Waals surface area contributed by atoms with Gasteiger partial charge in [0.2, 0.25) is 11.8 Å². The van der Waals surface area contributed by atoms with Crippen molar-refractivity contribution in [3.05, 3.63) is 237 Å². The molecule has 7 heterocycles. The van der Waals surface area contributed by atoms with Crippen LogP contribution in [0.4, 0.5) is 57.9 Å². The molecule has 2 unspecified atom stereocenters. The summed E-state index contributed by atoms with van der Waals surface area (Å²) in [6, 6.07) is 35.2.